The number of aryl methyl sites for hydroxylation is 2. The van der Waals surface area contributed by atoms with Crippen LogP contribution >= 0.6 is 0 Å². The summed E-state index contributed by atoms with van der Waals surface area (Å²) in [4.78, 5) is 17.0. The van der Waals surface area contributed by atoms with Gasteiger partial charge in [-0.3, -0.25) is 0 Å². The van der Waals surface area contributed by atoms with Gasteiger partial charge in [-0.05, 0) is 68.3 Å². The molecule has 4 nitrogen and oxygen atoms in total. The summed E-state index contributed by atoms with van der Waals surface area (Å²) in [7, 11) is 1.90. The Hall–Kier alpha value is -2.33. The molecule has 1 N–H and O–H groups in total. The average molecular weight is 380 g/mol. The van der Waals surface area contributed by atoms with Gasteiger partial charge in [-0.1, -0.05) is 42.5 Å². The summed E-state index contributed by atoms with van der Waals surface area (Å²) in [6.07, 6.45) is 3.51. The van der Waals surface area contributed by atoms with Crippen molar-refractivity contribution < 1.29 is 4.79 Å². The number of amides is 2. The van der Waals surface area contributed by atoms with Crippen molar-refractivity contribution in [3.05, 3.63) is 65.2 Å². The van der Waals surface area contributed by atoms with E-state index in [4.69, 9.17) is 0 Å². The third kappa shape index (κ3) is 5.59. The summed E-state index contributed by atoms with van der Waals surface area (Å²) in [5, 5.41) is 3.04. The number of carbonyl (C=O) groups is 1. The Labute approximate surface area is 169 Å². The topological polar surface area (TPSA) is 35.6 Å². The molecule has 0 aliphatic carbocycles. The molecule has 3 rings (SSSR count). The van der Waals surface area contributed by atoms with Crippen LogP contribution in [0.5, 0.6) is 0 Å². The SMILES string of the molecule is Cc1ccccc1CCN1CCC[C@H](CN(C)C(=O)Nc2ccccc2C)C1. The van der Waals surface area contributed by atoms with Gasteiger partial charge in [0.15, 0.2) is 0 Å². The molecule has 0 bridgehead atoms. The normalized spacial score (nSPS) is 17.3. The van der Waals surface area contributed by atoms with Crippen molar-refractivity contribution in [2.75, 3.05) is 38.5 Å². The van der Waals surface area contributed by atoms with E-state index in [1.807, 2.05) is 43.1 Å². The minimum Gasteiger partial charge on any atom is -0.327 e. The van der Waals surface area contributed by atoms with Gasteiger partial charge in [-0.2, -0.15) is 0 Å². The fourth-order valence-electron chi connectivity index (χ4n) is 4.07. The van der Waals surface area contributed by atoms with Crippen molar-refractivity contribution in [1.82, 2.24) is 9.80 Å². The Morgan fingerprint density at radius 2 is 1.82 bits per heavy atom. The zero-order chi connectivity index (χ0) is 19.9. The van der Waals surface area contributed by atoms with Crippen LogP contribution < -0.4 is 5.32 Å². The summed E-state index contributed by atoms with van der Waals surface area (Å²) >= 11 is 0. The summed E-state index contributed by atoms with van der Waals surface area (Å²) in [5.74, 6) is 0.540. The number of anilines is 1. The van der Waals surface area contributed by atoms with Crippen molar-refractivity contribution in [1.29, 1.82) is 0 Å². The molecule has 4 heteroatoms. The second-order valence-corrected chi connectivity index (χ2v) is 8.11. The molecular formula is C24H33N3O. The number of piperidine rings is 1. The Morgan fingerprint density at radius 3 is 2.57 bits per heavy atom. The molecule has 1 fully saturated rings. The third-order valence-electron chi connectivity index (χ3n) is 5.83. The van der Waals surface area contributed by atoms with Crippen LogP contribution in [-0.4, -0.2) is 49.1 Å². The number of nitrogens with zero attached hydrogens (tertiary/aromatic N) is 2. The first kappa shape index (κ1) is 20.4. The van der Waals surface area contributed by atoms with Crippen LogP contribution in [0.2, 0.25) is 0 Å². The van der Waals surface area contributed by atoms with Crippen LogP contribution in [0.25, 0.3) is 0 Å². The quantitative estimate of drug-likeness (QED) is 0.788. The summed E-state index contributed by atoms with van der Waals surface area (Å²) < 4.78 is 0. The molecule has 2 aromatic rings. The summed E-state index contributed by atoms with van der Waals surface area (Å²) in [6.45, 7) is 8.36. The number of hydrogen-bond acceptors (Lipinski definition) is 2. The molecule has 1 atom stereocenters. The molecule has 0 spiro atoms. The van der Waals surface area contributed by atoms with E-state index >= 15 is 0 Å². The van der Waals surface area contributed by atoms with Crippen LogP contribution in [0.15, 0.2) is 48.5 Å². The highest BCUT2D eigenvalue weighted by Gasteiger charge is 2.22. The standard InChI is InChI=1S/C24H33N3O/c1-19-9-4-6-12-22(19)14-16-27-15-8-11-21(18-27)17-26(3)24(28)25-23-13-7-5-10-20(23)2/h4-7,9-10,12-13,21H,8,11,14-18H2,1-3H3,(H,25,28)/t21-/m1/s1. The fourth-order valence-corrected chi connectivity index (χ4v) is 4.07. The van der Waals surface area contributed by atoms with E-state index in [0.717, 1.165) is 37.3 Å². The minimum atomic E-state index is -0.0219. The predicted molar refractivity (Wildman–Crippen MR) is 117 cm³/mol. The Morgan fingerprint density at radius 1 is 1.11 bits per heavy atom. The van der Waals surface area contributed by atoms with Crippen LogP contribution in [0.1, 0.15) is 29.5 Å². The first-order chi connectivity index (χ1) is 13.5. The minimum absolute atomic E-state index is 0.0219. The number of benzene rings is 2. The smallest absolute Gasteiger partial charge is 0.321 e. The highest BCUT2D eigenvalue weighted by Crippen LogP contribution is 2.19. The van der Waals surface area contributed by atoms with Crippen LogP contribution in [0, 0.1) is 19.8 Å². The first-order valence-corrected chi connectivity index (χ1v) is 10.4. The van der Waals surface area contributed by atoms with E-state index in [0.29, 0.717) is 5.92 Å². The molecule has 2 amide bonds. The van der Waals surface area contributed by atoms with E-state index in [9.17, 15) is 4.79 Å². The van der Waals surface area contributed by atoms with Gasteiger partial charge in [0, 0.05) is 32.4 Å². The lowest BCUT2D eigenvalue weighted by molar-refractivity contribution is 0.150. The van der Waals surface area contributed by atoms with Gasteiger partial charge in [-0.15, -0.1) is 0 Å². The molecule has 1 heterocycles. The van der Waals surface area contributed by atoms with Gasteiger partial charge in [0.25, 0.3) is 0 Å². The Balaban J connectivity index is 1.48. The summed E-state index contributed by atoms with van der Waals surface area (Å²) in [6, 6.07) is 16.6. The lowest BCUT2D eigenvalue weighted by Gasteiger charge is -2.34. The van der Waals surface area contributed by atoms with Crippen molar-refractivity contribution in [2.24, 2.45) is 5.92 Å². The molecule has 0 aromatic heterocycles. The fraction of sp³-hybridized carbons (Fsp3) is 0.458. The van der Waals surface area contributed by atoms with E-state index in [2.05, 4.69) is 41.4 Å². The maximum absolute atomic E-state index is 12.6. The van der Waals surface area contributed by atoms with E-state index in [1.54, 1.807) is 0 Å². The Bertz CT molecular complexity index is 789. The second-order valence-electron chi connectivity index (χ2n) is 8.11. The second kappa shape index (κ2) is 9.74. The van der Waals surface area contributed by atoms with Crippen LogP contribution in [0.3, 0.4) is 0 Å². The molecule has 1 aliphatic rings. The lowest BCUT2D eigenvalue weighted by atomic mass is 9.97. The zero-order valence-electron chi connectivity index (χ0n) is 17.4. The zero-order valence-corrected chi connectivity index (χ0v) is 17.4. The molecule has 2 aromatic carbocycles. The number of para-hydroxylation sites is 1. The van der Waals surface area contributed by atoms with Gasteiger partial charge < -0.3 is 15.1 Å². The maximum Gasteiger partial charge on any atom is 0.321 e. The van der Waals surface area contributed by atoms with Crippen molar-refractivity contribution in [2.45, 2.75) is 33.1 Å². The maximum atomic E-state index is 12.6. The number of nitrogens with one attached hydrogen (secondary N) is 1. The average Bonchev–Trinajstić information content (AvgIpc) is 2.69. The van der Waals surface area contributed by atoms with Crippen LogP contribution in [0.4, 0.5) is 10.5 Å². The predicted octanol–water partition coefficient (Wildman–Crippen LogP) is 4.72. The van der Waals surface area contributed by atoms with Gasteiger partial charge >= 0.3 is 6.03 Å². The van der Waals surface area contributed by atoms with Crippen molar-refractivity contribution in [3.63, 3.8) is 0 Å². The number of likely N-dealkylation sites (tertiary alicyclic amines) is 1. The Kier molecular flexibility index (Phi) is 7.10. The molecule has 150 valence electrons. The van der Waals surface area contributed by atoms with Crippen LogP contribution in [-0.2, 0) is 6.42 Å². The lowest BCUT2D eigenvalue weighted by Crippen LogP contribution is -2.43. The molecule has 0 unspecified atom stereocenters. The van der Waals surface area contributed by atoms with Gasteiger partial charge in [0.1, 0.15) is 0 Å². The first-order valence-electron chi connectivity index (χ1n) is 10.4. The molecule has 0 radical (unpaired) electrons. The van der Waals surface area contributed by atoms with E-state index in [-0.39, 0.29) is 6.03 Å². The molecule has 1 saturated heterocycles. The number of urea groups is 1. The highest BCUT2D eigenvalue weighted by atomic mass is 16.2. The largest absolute Gasteiger partial charge is 0.327 e. The highest BCUT2D eigenvalue weighted by molar-refractivity contribution is 5.89. The molecule has 0 saturated carbocycles. The van der Waals surface area contributed by atoms with Crippen molar-refractivity contribution in [3.8, 4) is 0 Å². The number of hydrogen-bond donors (Lipinski definition) is 1. The number of rotatable bonds is 6. The van der Waals surface area contributed by atoms with Gasteiger partial charge in [-0.25, -0.2) is 4.79 Å². The monoisotopic (exact) mass is 379 g/mol. The molecule has 28 heavy (non-hydrogen) atoms. The third-order valence-corrected chi connectivity index (χ3v) is 5.83. The van der Waals surface area contributed by atoms with Gasteiger partial charge in [0.2, 0.25) is 0 Å². The number of carbonyl (C=O) groups excluding carboxylic acids is 1. The molecular weight excluding hydrogens is 346 g/mol. The summed E-state index contributed by atoms with van der Waals surface area (Å²) in [5.41, 5.74) is 4.80. The molecule has 1 aliphatic heterocycles. The van der Waals surface area contributed by atoms with E-state index in [1.165, 1.54) is 30.5 Å². The van der Waals surface area contributed by atoms with Crippen molar-refractivity contribution >= 4 is 11.7 Å². The van der Waals surface area contributed by atoms with Gasteiger partial charge in [0.05, 0.1) is 0 Å². The van der Waals surface area contributed by atoms with E-state index < -0.39 is 0 Å².